The number of hydrogen-bond acceptors (Lipinski definition) is 6. The molecule has 0 aromatic rings. The Hall–Kier alpha value is -2.24. The van der Waals surface area contributed by atoms with E-state index in [0.717, 1.165) is 18.4 Å². The van der Waals surface area contributed by atoms with Gasteiger partial charge in [-0.25, -0.2) is 9.59 Å². The van der Waals surface area contributed by atoms with Crippen LogP contribution in [0.3, 0.4) is 0 Å². The van der Waals surface area contributed by atoms with E-state index in [1.165, 1.54) is 14.2 Å². The van der Waals surface area contributed by atoms with Gasteiger partial charge < -0.3 is 19.7 Å². The lowest BCUT2D eigenvalue weighted by molar-refractivity contribution is -0.137. The Kier molecular flexibility index (Phi) is 6.06. The molecule has 0 amide bonds. The average Bonchev–Trinajstić information content (AvgIpc) is 2.89. The maximum atomic E-state index is 12.2. The van der Waals surface area contributed by atoms with Gasteiger partial charge in [0.1, 0.15) is 11.5 Å². The number of esters is 2. The molecule has 0 fully saturated rings. The first-order chi connectivity index (χ1) is 11.5. The minimum absolute atomic E-state index is 0.00158. The van der Waals surface area contributed by atoms with E-state index in [1.807, 2.05) is 0 Å². The fourth-order valence-electron chi connectivity index (χ4n) is 3.36. The average molecular weight is 336 g/mol. The second kappa shape index (κ2) is 8.04. The van der Waals surface area contributed by atoms with Crippen molar-refractivity contribution in [2.75, 3.05) is 14.2 Å². The van der Waals surface area contributed by atoms with E-state index in [2.05, 4.69) is 0 Å². The van der Waals surface area contributed by atoms with E-state index in [4.69, 9.17) is 9.47 Å². The Morgan fingerprint density at radius 1 is 0.958 bits per heavy atom. The van der Waals surface area contributed by atoms with Crippen LogP contribution in [0.25, 0.3) is 0 Å². The van der Waals surface area contributed by atoms with E-state index in [0.29, 0.717) is 32.1 Å². The van der Waals surface area contributed by atoms with Gasteiger partial charge in [0.15, 0.2) is 0 Å². The molecule has 2 aliphatic carbocycles. The zero-order valence-electron chi connectivity index (χ0n) is 14.1. The number of aliphatic hydroxyl groups is 2. The van der Waals surface area contributed by atoms with Crippen LogP contribution in [-0.2, 0) is 19.1 Å². The maximum Gasteiger partial charge on any atom is 0.341 e. The van der Waals surface area contributed by atoms with Crippen LogP contribution in [0.2, 0.25) is 0 Å². The SMILES string of the molecule is COC(=O)C1=C(O)CCCC(C2CCCCC(O)=C2C(=O)OC)=C1. The van der Waals surface area contributed by atoms with Crippen LogP contribution in [-0.4, -0.2) is 36.4 Å². The molecule has 2 aliphatic rings. The van der Waals surface area contributed by atoms with Crippen LogP contribution >= 0.6 is 0 Å². The number of carbonyl (C=O) groups excluding carboxylic acids is 2. The lowest BCUT2D eigenvalue weighted by Crippen LogP contribution is -2.19. The number of aliphatic hydroxyl groups excluding tert-OH is 2. The van der Waals surface area contributed by atoms with Gasteiger partial charge in [-0.15, -0.1) is 0 Å². The van der Waals surface area contributed by atoms with Crippen molar-refractivity contribution in [1.29, 1.82) is 0 Å². The molecule has 1 atom stereocenters. The number of ether oxygens (including phenoxy) is 2. The molecular weight excluding hydrogens is 312 g/mol. The van der Waals surface area contributed by atoms with E-state index >= 15 is 0 Å². The Labute approximate surface area is 141 Å². The van der Waals surface area contributed by atoms with Crippen LogP contribution in [0.15, 0.2) is 34.3 Å². The molecule has 1 unspecified atom stereocenters. The van der Waals surface area contributed by atoms with Crippen molar-refractivity contribution >= 4 is 11.9 Å². The molecule has 6 nitrogen and oxygen atoms in total. The zero-order chi connectivity index (χ0) is 17.7. The summed E-state index contributed by atoms with van der Waals surface area (Å²) >= 11 is 0. The molecule has 132 valence electrons. The standard InChI is InChI=1S/C18H24O6/c1-23-17(21)13-10-11(6-5-9-14(13)19)12-7-3-4-8-15(20)16(12)18(22)24-2/h10,12,19-20H,3-9H2,1-2H3. The number of hydrogen-bond donors (Lipinski definition) is 2. The molecule has 0 heterocycles. The summed E-state index contributed by atoms with van der Waals surface area (Å²) in [4.78, 5) is 24.1. The largest absolute Gasteiger partial charge is 0.512 e. The predicted octanol–water partition coefficient (Wildman–Crippen LogP) is 3.26. The number of carbonyl (C=O) groups is 2. The third kappa shape index (κ3) is 3.80. The van der Waals surface area contributed by atoms with Crippen LogP contribution in [0, 0.1) is 5.92 Å². The second-order valence-electron chi connectivity index (χ2n) is 6.08. The first kappa shape index (κ1) is 18.1. The van der Waals surface area contributed by atoms with Crippen molar-refractivity contribution in [2.45, 2.75) is 44.9 Å². The predicted molar refractivity (Wildman–Crippen MR) is 87.2 cm³/mol. The van der Waals surface area contributed by atoms with Gasteiger partial charge in [0.2, 0.25) is 0 Å². The van der Waals surface area contributed by atoms with Gasteiger partial charge in [-0.05, 0) is 31.8 Å². The summed E-state index contributed by atoms with van der Waals surface area (Å²) in [6.07, 6.45) is 6.05. The van der Waals surface area contributed by atoms with Crippen LogP contribution in [0.4, 0.5) is 0 Å². The third-order valence-electron chi connectivity index (χ3n) is 4.59. The highest BCUT2D eigenvalue weighted by atomic mass is 16.5. The number of allylic oxidation sites excluding steroid dienone is 3. The molecule has 24 heavy (non-hydrogen) atoms. The maximum absolute atomic E-state index is 12.2. The minimum Gasteiger partial charge on any atom is -0.512 e. The Morgan fingerprint density at radius 2 is 1.62 bits per heavy atom. The topological polar surface area (TPSA) is 93.1 Å². The van der Waals surface area contributed by atoms with Crippen molar-refractivity contribution in [3.63, 3.8) is 0 Å². The summed E-state index contributed by atoms with van der Waals surface area (Å²) in [5.41, 5.74) is 1.23. The Balaban J connectivity index is 2.47. The second-order valence-corrected chi connectivity index (χ2v) is 6.08. The van der Waals surface area contributed by atoms with Gasteiger partial charge in [0, 0.05) is 18.8 Å². The summed E-state index contributed by atoms with van der Waals surface area (Å²) in [6.45, 7) is 0. The summed E-state index contributed by atoms with van der Waals surface area (Å²) < 4.78 is 9.59. The first-order valence-electron chi connectivity index (χ1n) is 8.20. The summed E-state index contributed by atoms with van der Waals surface area (Å²) in [5, 5.41) is 20.4. The van der Waals surface area contributed by atoms with Crippen molar-refractivity contribution in [3.05, 3.63) is 34.3 Å². The fraction of sp³-hybridized carbons (Fsp3) is 0.556. The van der Waals surface area contributed by atoms with Crippen molar-refractivity contribution in [3.8, 4) is 0 Å². The fourth-order valence-corrected chi connectivity index (χ4v) is 3.36. The summed E-state index contributed by atoms with van der Waals surface area (Å²) in [7, 11) is 2.55. The molecule has 0 saturated heterocycles. The highest BCUT2D eigenvalue weighted by Crippen LogP contribution is 2.38. The smallest absolute Gasteiger partial charge is 0.341 e. The summed E-state index contributed by atoms with van der Waals surface area (Å²) in [5.74, 6) is -1.41. The number of methoxy groups -OCH3 is 2. The quantitative estimate of drug-likeness (QED) is 0.769. The molecule has 0 bridgehead atoms. The van der Waals surface area contributed by atoms with E-state index in [1.54, 1.807) is 6.08 Å². The monoisotopic (exact) mass is 336 g/mol. The lowest BCUT2D eigenvalue weighted by Gasteiger charge is -2.21. The highest BCUT2D eigenvalue weighted by Gasteiger charge is 2.32. The third-order valence-corrected chi connectivity index (χ3v) is 4.59. The molecule has 0 saturated carbocycles. The van der Waals surface area contributed by atoms with Crippen molar-refractivity contribution in [1.82, 2.24) is 0 Å². The molecule has 2 rings (SSSR count). The summed E-state index contributed by atoms with van der Waals surface area (Å²) in [6, 6.07) is 0. The van der Waals surface area contributed by atoms with Crippen LogP contribution in [0.5, 0.6) is 0 Å². The molecule has 0 spiro atoms. The number of rotatable bonds is 3. The molecule has 0 aromatic carbocycles. The lowest BCUT2D eigenvalue weighted by atomic mass is 9.84. The van der Waals surface area contributed by atoms with Gasteiger partial charge in [0.25, 0.3) is 0 Å². The minimum atomic E-state index is -0.603. The van der Waals surface area contributed by atoms with E-state index in [-0.39, 0.29) is 28.6 Å². The Morgan fingerprint density at radius 3 is 2.29 bits per heavy atom. The van der Waals surface area contributed by atoms with Crippen LogP contribution < -0.4 is 0 Å². The molecule has 6 heteroatoms. The first-order valence-corrected chi connectivity index (χ1v) is 8.20. The van der Waals surface area contributed by atoms with Gasteiger partial charge in [0.05, 0.1) is 25.4 Å². The highest BCUT2D eigenvalue weighted by molar-refractivity contribution is 5.93. The van der Waals surface area contributed by atoms with Gasteiger partial charge in [-0.1, -0.05) is 12.0 Å². The molecule has 0 radical (unpaired) electrons. The molecular formula is C18H24O6. The van der Waals surface area contributed by atoms with Crippen LogP contribution in [0.1, 0.15) is 44.9 Å². The van der Waals surface area contributed by atoms with Crippen molar-refractivity contribution in [2.24, 2.45) is 5.92 Å². The van der Waals surface area contributed by atoms with Gasteiger partial charge in [-0.3, -0.25) is 0 Å². The molecule has 0 aliphatic heterocycles. The van der Waals surface area contributed by atoms with E-state index < -0.39 is 11.9 Å². The Bertz CT molecular complexity index is 611. The molecule has 0 aromatic heterocycles. The van der Waals surface area contributed by atoms with E-state index in [9.17, 15) is 19.8 Å². The van der Waals surface area contributed by atoms with Crippen molar-refractivity contribution < 1.29 is 29.3 Å². The van der Waals surface area contributed by atoms with Gasteiger partial charge in [-0.2, -0.15) is 0 Å². The van der Waals surface area contributed by atoms with Gasteiger partial charge >= 0.3 is 11.9 Å². The zero-order valence-corrected chi connectivity index (χ0v) is 14.1. The molecule has 2 N–H and O–H groups in total. The normalized spacial score (nSPS) is 22.4.